The molecule has 2 rings (SSSR count). The minimum Gasteiger partial charge on any atom is -0.481 e. The van der Waals surface area contributed by atoms with Crippen LogP contribution in [0.5, 0.6) is 0 Å². The predicted octanol–water partition coefficient (Wildman–Crippen LogP) is 5.48. The summed E-state index contributed by atoms with van der Waals surface area (Å²) in [5.74, 6) is -0.726. The van der Waals surface area contributed by atoms with Gasteiger partial charge in [-0.15, -0.1) is 0 Å². The Balaban J connectivity index is 1.75. The van der Waals surface area contributed by atoms with Crippen molar-refractivity contribution < 1.29 is 25.2 Å². The van der Waals surface area contributed by atoms with Gasteiger partial charge in [-0.3, -0.25) is 4.79 Å². The van der Waals surface area contributed by atoms with Crippen molar-refractivity contribution in [3.8, 4) is 0 Å². The van der Waals surface area contributed by atoms with Crippen LogP contribution in [-0.4, -0.2) is 62.3 Å². The first-order chi connectivity index (χ1) is 19.7. The lowest BCUT2D eigenvalue weighted by atomic mass is 9.86. The molecule has 0 aromatic carbocycles. The first-order valence-corrected chi connectivity index (χ1v) is 16.4. The number of carbonyl (C=O) groups is 1. The second-order valence-corrected chi connectivity index (χ2v) is 12.7. The Morgan fingerprint density at radius 3 is 2.24 bits per heavy atom. The summed E-state index contributed by atoms with van der Waals surface area (Å²) in [7, 11) is 0. The Morgan fingerprint density at radius 1 is 1.00 bits per heavy atom. The minimum atomic E-state index is -0.975. The zero-order valence-corrected chi connectivity index (χ0v) is 25.8. The van der Waals surface area contributed by atoms with Crippen molar-refractivity contribution in [1.29, 1.82) is 0 Å². The molecular weight excluding hydrogens is 518 g/mol. The molecule has 1 aliphatic rings. The number of aliphatic hydroxyl groups is 3. The smallest absolute Gasteiger partial charge is 0.309 e. The second kappa shape index (κ2) is 19.4. The lowest BCUT2D eigenvalue weighted by Gasteiger charge is -2.26. The van der Waals surface area contributed by atoms with Crippen LogP contribution in [0.25, 0.3) is 0 Å². The van der Waals surface area contributed by atoms with Gasteiger partial charge in [0.15, 0.2) is 0 Å². The average Bonchev–Trinajstić information content (AvgIpc) is 3.24. The highest BCUT2D eigenvalue weighted by atomic mass is 16.4. The normalized spacial score (nSPS) is 23.0. The summed E-state index contributed by atoms with van der Waals surface area (Å²) >= 11 is 0. The summed E-state index contributed by atoms with van der Waals surface area (Å²) < 4.78 is 0. The molecule has 0 radical (unpaired) electrons. The summed E-state index contributed by atoms with van der Waals surface area (Å²) in [4.78, 5) is 16.0. The van der Waals surface area contributed by atoms with Crippen LogP contribution in [0.4, 0.5) is 5.82 Å². The molecule has 1 saturated carbocycles. The molecule has 236 valence electrons. The lowest BCUT2D eigenvalue weighted by Crippen LogP contribution is -2.33. The molecular formula is C33H59N3O5. The number of nitrogens with zero attached hydrogens (tertiary/aromatic N) is 1. The van der Waals surface area contributed by atoms with E-state index in [0.29, 0.717) is 37.4 Å². The summed E-state index contributed by atoms with van der Waals surface area (Å²) in [6, 6.07) is 3.86. The van der Waals surface area contributed by atoms with Crippen molar-refractivity contribution >= 4 is 11.8 Å². The third-order valence-electron chi connectivity index (χ3n) is 9.08. The van der Waals surface area contributed by atoms with Crippen molar-refractivity contribution in [1.82, 2.24) is 10.3 Å². The van der Waals surface area contributed by atoms with Crippen molar-refractivity contribution in [3.63, 3.8) is 0 Å². The highest BCUT2D eigenvalue weighted by Gasteiger charge is 2.44. The molecule has 6 atom stereocenters. The van der Waals surface area contributed by atoms with Gasteiger partial charge in [0.05, 0.1) is 23.7 Å². The summed E-state index contributed by atoms with van der Waals surface area (Å²) in [5.41, 5.74) is 6.07. The van der Waals surface area contributed by atoms with Crippen LogP contribution in [0.2, 0.25) is 0 Å². The molecule has 8 nitrogen and oxygen atoms in total. The molecule has 6 unspecified atom stereocenters. The first-order valence-electron chi connectivity index (χ1n) is 16.4. The maximum atomic E-state index is 12.0. The van der Waals surface area contributed by atoms with Crippen LogP contribution in [0.3, 0.4) is 0 Å². The molecule has 1 aliphatic carbocycles. The maximum absolute atomic E-state index is 12.0. The van der Waals surface area contributed by atoms with Gasteiger partial charge in [-0.1, -0.05) is 71.6 Å². The lowest BCUT2D eigenvalue weighted by molar-refractivity contribution is -0.146. The van der Waals surface area contributed by atoms with Crippen LogP contribution < -0.4 is 11.1 Å². The minimum absolute atomic E-state index is 0.230. The Morgan fingerprint density at radius 2 is 1.63 bits per heavy atom. The average molecular weight is 578 g/mol. The molecule has 0 saturated heterocycles. The van der Waals surface area contributed by atoms with Crippen LogP contribution in [0.1, 0.15) is 122 Å². The van der Waals surface area contributed by atoms with Gasteiger partial charge in [-0.25, -0.2) is 4.98 Å². The monoisotopic (exact) mass is 577 g/mol. The first kappa shape index (κ1) is 35.5. The third-order valence-corrected chi connectivity index (χ3v) is 9.08. The van der Waals surface area contributed by atoms with Gasteiger partial charge < -0.3 is 31.5 Å². The van der Waals surface area contributed by atoms with E-state index in [9.17, 15) is 25.2 Å². The van der Waals surface area contributed by atoms with E-state index in [1.807, 2.05) is 12.1 Å². The SMILES string of the molecule is CCCCCCCC(O)CCCCCCC(C(=O)O)C(O)CCC1(O)CC(CNCC)C(Cc2ccnc(N)c2)C1. The Kier molecular flexibility index (Phi) is 16.8. The van der Waals surface area contributed by atoms with E-state index in [-0.39, 0.29) is 18.4 Å². The van der Waals surface area contributed by atoms with E-state index in [4.69, 9.17) is 5.73 Å². The molecule has 41 heavy (non-hydrogen) atoms. The number of rotatable bonds is 23. The van der Waals surface area contributed by atoms with E-state index in [1.54, 1.807) is 6.20 Å². The number of nitrogens with two attached hydrogens (primary N) is 1. The molecule has 1 aromatic rings. The Bertz CT molecular complexity index is 856. The number of aromatic nitrogens is 1. The van der Waals surface area contributed by atoms with Crippen LogP contribution >= 0.6 is 0 Å². The number of anilines is 1. The van der Waals surface area contributed by atoms with E-state index >= 15 is 0 Å². The van der Waals surface area contributed by atoms with Crippen molar-refractivity contribution in [2.24, 2.45) is 17.8 Å². The van der Waals surface area contributed by atoms with Crippen LogP contribution in [-0.2, 0) is 11.2 Å². The molecule has 0 amide bonds. The fourth-order valence-corrected chi connectivity index (χ4v) is 6.65. The number of hydrogen-bond acceptors (Lipinski definition) is 7. The quantitative estimate of drug-likeness (QED) is 0.0937. The van der Waals surface area contributed by atoms with Gasteiger partial charge in [0.25, 0.3) is 0 Å². The second-order valence-electron chi connectivity index (χ2n) is 12.7. The third kappa shape index (κ3) is 13.9. The van der Waals surface area contributed by atoms with E-state index in [1.165, 1.54) is 25.7 Å². The number of pyridine rings is 1. The summed E-state index contributed by atoms with van der Waals surface area (Å²) in [6.07, 6.45) is 15.0. The fraction of sp³-hybridized carbons (Fsp3) is 0.818. The number of aliphatic hydroxyl groups excluding tert-OH is 2. The van der Waals surface area contributed by atoms with Crippen molar-refractivity contribution in [2.75, 3.05) is 18.8 Å². The topological polar surface area (TPSA) is 149 Å². The van der Waals surface area contributed by atoms with E-state index < -0.39 is 23.6 Å². The molecule has 0 spiro atoms. The highest BCUT2D eigenvalue weighted by Crippen LogP contribution is 2.44. The van der Waals surface area contributed by atoms with Crippen molar-refractivity contribution in [2.45, 2.75) is 141 Å². The zero-order chi connectivity index (χ0) is 30.1. The molecule has 1 heterocycles. The van der Waals surface area contributed by atoms with Crippen molar-refractivity contribution in [3.05, 3.63) is 23.9 Å². The van der Waals surface area contributed by atoms with Gasteiger partial charge in [0.1, 0.15) is 5.82 Å². The van der Waals surface area contributed by atoms with Gasteiger partial charge in [0, 0.05) is 6.20 Å². The van der Waals surface area contributed by atoms with E-state index in [0.717, 1.165) is 70.0 Å². The molecule has 1 aromatic heterocycles. The van der Waals surface area contributed by atoms with Crippen LogP contribution in [0, 0.1) is 17.8 Å². The largest absolute Gasteiger partial charge is 0.481 e. The predicted molar refractivity (Wildman–Crippen MR) is 166 cm³/mol. The zero-order valence-electron chi connectivity index (χ0n) is 25.8. The highest BCUT2D eigenvalue weighted by molar-refractivity contribution is 5.70. The van der Waals surface area contributed by atoms with Gasteiger partial charge >= 0.3 is 5.97 Å². The molecule has 1 fully saturated rings. The Hall–Kier alpha value is -1.74. The fourth-order valence-electron chi connectivity index (χ4n) is 6.65. The number of unbranched alkanes of at least 4 members (excludes halogenated alkanes) is 7. The number of hydrogen-bond donors (Lipinski definition) is 6. The number of aliphatic carboxylic acids is 1. The molecule has 7 N–H and O–H groups in total. The maximum Gasteiger partial charge on any atom is 0.309 e. The van der Waals surface area contributed by atoms with E-state index in [2.05, 4.69) is 24.1 Å². The standard InChI is InChI=1S/C33H59N3O5/c1-3-5-6-7-10-13-28(37)14-11-8-9-12-15-29(32(39)40)30(38)16-18-33(41)22-26(27(23-33)24-35-4-2)20-25-17-19-36-31(34)21-25/h17,19,21,26-30,35,37-38,41H,3-16,18,20,22-24H2,1-2H3,(H2,34,36)(H,39,40). The van der Waals surface area contributed by atoms with Gasteiger partial charge in [-0.05, 0) is 94.0 Å². The van der Waals surface area contributed by atoms with Gasteiger partial charge in [0.2, 0.25) is 0 Å². The number of nitrogen functional groups attached to an aromatic ring is 1. The number of nitrogens with one attached hydrogen (secondary N) is 1. The number of carboxylic acid groups (broad SMARTS) is 1. The summed E-state index contributed by atoms with van der Waals surface area (Å²) in [6.45, 7) is 5.96. The Labute approximate surface area is 248 Å². The van der Waals surface area contributed by atoms with Gasteiger partial charge in [-0.2, -0.15) is 0 Å². The molecule has 8 heteroatoms. The summed E-state index contributed by atoms with van der Waals surface area (Å²) in [5, 5.41) is 45.8. The van der Waals surface area contributed by atoms with Crippen LogP contribution in [0.15, 0.2) is 18.3 Å². The molecule has 0 aliphatic heterocycles. The number of carboxylic acids is 1. The molecule has 0 bridgehead atoms.